The number of rotatable bonds is 5. The molecule has 3 nitrogen and oxygen atoms in total. The first-order chi connectivity index (χ1) is 7.49. The average Bonchev–Trinajstić information content (AvgIpc) is 2.61. The van der Waals surface area contributed by atoms with Gasteiger partial charge < -0.3 is 11.1 Å². The minimum Gasteiger partial charge on any atom is -0.351 e. The molecule has 1 heterocycles. The molecular weight excluding hydrogens is 244 g/mol. The highest BCUT2D eigenvalue weighted by Crippen LogP contribution is 2.20. The molecule has 16 heavy (non-hydrogen) atoms. The van der Waals surface area contributed by atoms with Crippen LogP contribution in [0.5, 0.6) is 0 Å². The number of halogens is 1. The second kappa shape index (κ2) is 6.23. The summed E-state index contributed by atoms with van der Waals surface area (Å²) in [6.45, 7) is 4.55. The van der Waals surface area contributed by atoms with Crippen LogP contribution in [-0.2, 0) is 11.3 Å². The van der Waals surface area contributed by atoms with E-state index < -0.39 is 0 Å². The maximum Gasteiger partial charge on any atom is 0.221 e. The highest BCUT2D eigenvalue weighted by atomic mass is 35.5. The molecule has 1 aromatic rings. The number of thiophene rings is 1. The smallest absolute Gasteiger partial charge is 0.221 e. The van der Waals surface area contributed by atoms with Crippen LogP contribution >= 0.6 is 22.9 Å². The molecule has 0 saturated carbocycles. The molecule has 0 fully saturated rings. The molecule has 1 unspecified atom stereocenters. The molecule has 0 saturated heterocycles. The average molecular weight is 261 g/mol. The van der Waals surface area contributed by atoms with Crippen molar-refractivity contribution in [2.75, 3.05) is 0 Å². The molecule has 1 atom stereocenters. The van der Waals surface area contributed by atoms with Gasteiger partial charge in [0.25, 0.3) is 0 Å². The minimum absolute atomic E-state index is 0.00859. The number of carbonyl (C=O) groups excluding carboxylic acids is 1. The number of nitrogens with one attached hydrogen (secondary N) is 1. The Morgan fingerprint density at radius 3 is 2.75 bits per heavy atom. The van der Waals surface area contributed by atoms with Crippen LogP contribution < -0.4 is 11.1 Å². The van der Waals surface area contributed by atoms with Crippen molar-refractivity contribution in [3.63, 3.8) is 0 Å². The SMILES string of the molecule is CC(C)C(N)CC(=O)NCc1ccc(Cl)s1. The van der Waals surface area contributed by atoms with Crippen LogP contribution in [0, 0.1) is 5.92 Å². The number of carbonyl (C=O) groups is 1. The number of nitrogens with two attached hydrogens (primary N) is 1. The first kappa shape index (κ1) is 13.5. The zero-order chi connectivity index (χ0) is 12.1. The van der Waals surface area contributed by atoms with Gasteiger partial charge in [-0.3, -0.25) is 4.79 Å². The highest BCUT2D eigenvalue weighted by Gasteiger charge is 2.12. The van der Waals surface area contributed by atoms with E-state index in [1.807, 2.05) is 26.0 Å². The molecule has 0 radical (unpaired) electrons. The second-order valence-corrected chi connectivity index (χ2v) is 5.89. The molecule has 0 aliphatic carbocycles. The van der Waals surface area contributed by atoms with E-state index in [4.69, 9.17) is 17.3 Å². The fraction of sp³-hybridized carbons (Fsp3) is 0.545. The van der Waals surface area contributed by atoms with Crippen LogP contribution in [0.4, 0.5) is 0 Å². The Labute approximate surface area is 105 Å². The van der Waals surface area contributed by atoms with Crippen molar-refractivity contribution < 1.29 is 4.79 Å². The molecule has 1 amide bonds. The van der Waals surface area contributed by atoms with Gasteiger partial charge in [0.05, 0.1) is 10.9 Å². The Morgan fingerprint density at radius 1 is 1.56 bits per heavy atom. The maximum atomic E-state index is 11.5. The standard InChI is InChI=1S/C11H17ClN2OS/c1-7(2)9(13)5-11(15)14-6-8-3-4-10(12)16-8/h3-4,7,9H,5-6,13H2,1-2H3,(H,14,15). The molecule has 0 bridgehead atoms. The van der Waals surface area contributed by atoms with E-state index in [0.29, 0.717) is 18.9 Å². The van der Waals surface area contributed by atoms with Crippen molar-refractivity contribution in [1.29, 1.82) is 0 Å². The first-order valence-electron chi connectivity index (χ1n) is 5.25. The quantitative estimate of drug-likeness (QED) is 0.854. The van der Waals surface area contributed by atoms with Crippen molar-refractivity contribution in [1.82, 2.24) is 5.32 Å². The van der Waals surface area contributed by atoms with Gasteiger partial charge >= 0.3 is 0 Å². The van der Waals surface area contributed by atoms with Crippen molar-refractivity contribution >= 4 is 28.8 Å². The topological polar surface area (TPSA) is 55.1 Å². The zero-order valence-corrected chi connectivity index (χ0v) is 11.1. The van der Waals surface area contributed by atoms with Gasteiger partial charge in [-0.05, 0) is 18.1 Å². The summed E-state index contributed by atoms with van der Waals surface area (Å²) >= 11 is 7.26. The van der Waals surface area contributed by atoms with E-state index >= 15 is 0 Å². The van der Waals surface area contributed by atoms with Crippen LogP contribution in [0.1, 0.15) is 25.1 Å². The molecule has 0 spiro atoms. The lowest BCUT2D eigenvalue weighted by atomic mass is 10.0. The summed E-state index contributed by atoms with van der Waals surface area (Å²) in [7, 11) is 0. The van der Waals surface area contributed by atoms with Gasteiger partial charge in [0, 0.05) is 17.3 Å². The summed E-state index contributed by atoms with van der Waals surface area (Å²) in [5.41, 5.74) is 5.81. The molecule has 1 rings (SSSR count). The fourth-order valence-corrected chi connectivity index (χ4v) is 2.18. The first-order valence-corrected chi connectivity index (χ1v) is 6.45. The third kappa shape index (κ3) is 4.51. The molecule has 90 valence electrons. The normalized spacial score (nSPS) is 12.8. The number of hydrogen-bond donors (Lipinski definition) is 2. The van der Waals surface area contributed by atoms with Crippen molar-refractivity contribution in [3.05, 3.63) is 21.3 Å². The molecular formula is C11H17ClN2OS. The molecule has 0 aromatic carbocycles. The largest absolute Gasteiger partial charge is 0.351 e. The van der Waals surface area contributed by atoms with Crippen molar-refractivity contribution in [2.24, 2.45) is 11.7 Å². The Hall–Kier alpha value is -0.580. The molecule has 5 heteroatoms. The predicted molar refractivity (Wildman–Crippen MR) is 68.6 cm³/mol. The summed E-state index contributed by atoms with van der Waals surface area (Å²) in [6, 6.07) is 3.66. The summed E-state index contributed by atoms with van der Waals surface area (Å²) < 4.78 is 0.739. The van der Waals surface area contributed by atoms with Crippen molar-refractivity contribution in [2.45, 2.75) is 32.9 Å². The summed E-state index contributed by atoms with van der Waals surface area (Å²) in [5.74, 6) is 0.313. The highest BCUT2D eigenvalue weighted by molar-refractivity contribution is 7.16. The monoisotopic (exact) mass is 260 g/mol. The number of amides is 1. The summed E-state index contributed by atoms with van der Waals surface area (Å²) in [5, 5.41) is 2.83. The van der Waals surface area contributed by atoms with Gasteiger partial charge in [0.1, 0.15) is 0 Å². The van der Waals surface area contributed by atoms with Gasteiger partial charge in [0.15, 0.2) is 0 Å². The van der Waals surface area contributed by atoms with Gasteiger partial charge in [-0.2, -0.15) is 0 Å². The fourth-order valence-electron chi connectivity index (χ4n) is 1.15. The van der Waals surface area contributed by atoms with E-state index in [1.165, 1.54) is 11.3 Å². The third-order valence-corrected chi connectivity index (χ3v) is 3.60. The molecule has 0 aliphatic rings. The van der Waals surface area contributed by atoms with Gasteiger partial charge in [-0.15, -0.1) is 11.3 Å². The molecule has 0 aliphatic heterocycles. The lowest BCUT2D eigenvalue weighted by molar-refractivity contribution is -0.121. The molecule has 3 N–H and O–H groups in total. The Balaban J connectivity index is 2.30. The van der Waals surface area contributed by atoms with Crippen LogP contribution in [0.2, 0.25) is 4.34 Å². The summed E-state index contributed by atoms with van der Waals surface area (Å²) in [6.07, 6.45) is 0.372. The lowest BCUT2D eigenvalue weighted by Gasteiger charge is -2.14. The lowest BCUT2D eigenvalue weighted by Crippen LogP contribution is -2.34. The van der Waals surface area contributed by atoms with E-state index in [9.17, 15) is 4.79 Å². The Bertz CT molecular complexity index is 352. The maximum absolute atomic E-state index is 11.5. The Kier molecular flexibility index (Phi) is 5.25. The molecule has 1 aromatic heterocycles. The Morgan fingerprint density at radius 2 is 2.25 bits per heavy atom. The second-order valence-electron chi connectivity index (χ2n) is 4.09. The minimum atomic E-state index is -0.0769. The van der Waals surface area contributed by atoms with Gasteiger partial charge in [-0.1, -0.05) is 25.4 Å². The van der Waals surface area contributed by atoms with Crippen LogP contribution in [0.3, 0.4) is 0 Å². The van der Waals surface area contributed by atoms with E-state index in [1.54, 1.807) is 0 Å². The van der Waals surface area contributed by atoms with Crippen LogP contribution in [0.25, 0.3) is 0 Å². The zero-order valence-electron chi connectivity index (χ0n) is 9.50. The van der Waals surface area contributed by atoms with Crippen LogP contribution in [-0.4, -0.2) is 11.9 Å². The van der Waals surface area contributed by atoms with Crippen molar-refractivity contribution in [3.8, 4) is 0 Å². The summed E-state index contributed by atoms with van der Waals surface area (Å²) in [4.78, 5) is 12.6. The van der Waals surface area contributed by atoms with Gasteiger partial charge in [-0.25, -0.2) is 0 Å². The number of hydrogen-bond acceptors (Lipinski definition) is 3. The predicted octanol–water partition coefficient (Wildman–Crippen LogP) is 2.39. The van der Waals surface area contributed by atoms with E-state index in [-0.39, 0.29) is 11.9 Å². The third-order valence-electron chi connectivity index (χ3n) is 2.37. The van der Waals surface area contributed by atoms with Crippen LogP contribution in [0.15, 0.2) is 12.1 Å². The van der Waals surface area contributed by atoms with Gasteiger partial charge in [0.2, 0.25) is 5.91 Å². The van der Waals surface area contributed by atoms with E-state index in [2.05, 4.69) is 5.32 Å². The van der Waals surface area contributed by atoms with E-state index in [0.717, 1.165) is 9.21 Å².